The zero-order valence-corrected chi connectivity index (χ0v) is 10.6. The number of nitrogens with zero attached hydrogens (tertiary/aromatic N) is 1. The number of rotatable bonds is 3. The first kappa shape index (κ1) is 12.3. The van der Waals surface area contributed by atoms with Crippen molar-refractivity contribution < 1.29 is 4.74 Å². The Labute approximate surface area is 99.5 Å². The van der Waals surface area contributed by atoms with Crippen LogP contribution in [0.3, 0.4) is 0 Å². The maximum atomic E-state index is 5.42. The van der Waals surface area contributed by atoms with Gasteiger partial charge in [0.05, 0.1) is 0 Å². The van der Waals surface area contributed by atoms with E-state index in [9.17, 15) is 0 Å². The molecule has 1 atom stereocenters. The van der Waals surface area contributed by atoms with Gasteiger partial charge >= 0.3 is 0 Å². The maximum Gasteiger partial charge on any atom is 0.0469 e. The van der Waals surface area contributed by atoms with Crippen molar-refractivity contribution >= 4 is 0 Å². The van der Waals surface area contributed by atoms with E-state index in [1.165, 1.54) is 51.7 Å². The van der Waals surface area contributed by atoms with Crippen LogP contribution in [0.15, 0.2) is 0 Å². The van der Waals surface area contributed by atoms with Gasteiger partial charge < -0.3 is 15.0 Å². The fourth-order valence-corrected chi connectivity index (χ4v) is 2.86. The quantitative estimate of drug-likeness (QED) is 0.789. The van der Waals surface area contributed by atoms with Crippen LogP contribution in [-0.4, -0.2) is 50.8 Å². The second-order valence-corrected chi connectivity index (χ2v) is 5.35. The van der Waals surface area contributed by atoms with Crippen molar-refractivity contribution in [3.63, 3.8) is 0 Å². The SMILES string of the molecule is CN(CC1CCOCC1)C1CCCCNC1. The summed E-state index contributed by atoms with van der Waals surface area (Å²) in [5.41, 5.74) is 0. The van der Waals surface area contributed by atoms with Crippen LogP contribution >= 0.6 is 0 Å². The number of hydrogen-bond acceptors (Lipinski definition) is 3. The van der Waals surface area contributed by atoms with Crippen molar-refractivity contribution in [2.45, 2.75) is 38.1 Å². The van der Waals surface area contributed by atoms with E-state index in [4.69, 9.17) is 4.74 Å². The van der Waals surface area contributed by atoms with Gasteiger partial charge in [-0.2, -0.15) is 0 Å². The van der Waals surface area contributed by atoms with E-state index >= 15 is 0 Å². The first-order valence-corrected chi connectivity index (χ1v) is 6.85. The third-order valence-electron chi connectivity index (χ3n) is 4.03. The average Bonchev–Trinajstić information content (AvgIpc) is 2.59. The summed E-state index contributed by atoms with van der Waals surface area (Å²) < 4.78 is 5.42. The van der Waals surface area contributed by atoms with E-state index < -0.39 is 0 Å². The zero-order valence-electron chi connectivity index (χ0n) is 10.6. The standard InChI is InChI=1S/C13H26N2O/c1-15(11-12-5-8-16-9-6-12)13-4-2-3-7-14-10-13/h12-14H,2-11H2,1H3. The molecule has 1 unspecified atom stereocenters. The van der Waals surface area contributed by atoms with Gasteiger partial charge in [-0.25, -0.2) is 0 Å². The minimum atomic E-state index is 0.755. The molecule has 0 aromatic rings. The predicted molar refractivity (Wildman–Crippen MR) is 66.7 cm³/mol. The van der Waals surface area contributed by atoms with Crippen LogP contribution < -0.4 is 5.32 Å². The van der Waals surface area contributed by atoms with Crippen molar-refractivity contribution in [3.05, 3.63) is 0 Å². The van der Waals surface area contributed by atoms with Crippen LogP contribution in [0.5, 0.6) is 0 Å². The molecule has 16 heavy (non-hydrogen) atoms. The van der Waals surface area contributed by atoms with E-state index in [0.717, 1.165) is 25.2 Å². The smallest absolute Gasteiger partial charge is 0.0469 e. The molecule has 2 aliphatic heterocycles. The first-order chi connectivity index (χ1) is 7.86. The zero-order chi connectivity index (χ0) is 11.2. The third-order valence-corrected chi connectivity index (χ3v) is 4.03. The summed E-state index contributed by atoms with van der Waals surface area (Å²) in [5.74, 6) is 0.863. The summed E-state index contributed by atoms with van der Waals surface area (Å²) in [5, 5.41) is 3.55. The Morgan fingerprint density at radius 3 is 2.81 bits per heavy atom. The normalized spacial score (nSPS) is 29.2. The third kappa shape index (κ3) is 3.72. The first-order valence-electron chi connectivity index (χ1n) is 6.85. The summed E-state index contributed by atoms with van der Waals surface area (Å²) in [6, 6.07) is 0.755. The summed E-state index contributed by atoms with van der Waals surface area (Å²) in [6.07, 6.45) is 6.61. The highest BCUT2D eigenvalue weighted by atomic mass is 16.5. The van der Waals surface area contributed by atoms with E-state index in [0.29, 0.717) is 0 Å². The lowest BCUT2D eigenvalue weighted by Crippen LogP contribution is -2.42. The molecule has 2 fully saturated rings. The van der Waals surface area contributed by atoms with Crippen molar-refractivity contribution in [2.24, 2.45) is 5.92 Å². The molecule has 0 spiro atoms. The molecule has 0 amide bonds. The highest BCUT2D eigenvalue weighted by molar-refractivity contribution is 4.77. The Bertz CT molecular complexity index is 184. The van der Waals surface area contributed by atoms with Crippen molar-refractivity contribution in [1.29, 1.82) is 0 Å². The summed E-state index contributed by atoms with van der Waals surface area (Å²) in [7, 11) is 2.30. The summed E-state index contributed by atoms with van der Waals surface area (Å²) >= 11 is 0. The molecule has 0 aromatic heterocycles. The Balaban J connectivity index is 1.74. The van der Waals surface area contributed by atoms with Crippen LogP contribution in [0.1, 0.15) is 32.1 Å². The Morgan fingerprint density at radius 2 is 2.00 bits per heavy atom. The fraction of sp³-hybridized carbons (Fsp3) is 1.00. The molecule has 2 heterocycles. The molecule has 2 saturated heterocycles. The van der Waals surface area contributed by atoms with Crippen LogP contribution in [0, 0.1) is 5.92 Å². The van der Waals surface area contributed by atoms with Crippen molar-refractivity contribution in [3.8, 4) is 0 Å². The van der Waals surface area contributed by atoms with E-state index in [2.05, 4.69) is 17.3 Å². The van der Waals surface area contributed by atoms with Gasteiger partial charge in [-0.05, 0) is 45.2 Å². The number of ether oxygens (including phenoxy) is 1. The van der Waals surface area contributed by atoms with Gasteiger partial charge in [0.25, 0.3) is 0 Å². The lowest BCUT2D eigenvalue weighted by molar-refractivity contribution is 0.0500. The molecule has 1 N–H and O–H groups in total. The lowest BCUT2D eigenvalue weighted by atomic mass is 9.98. The number of likely N-dealkylation sites (N-methyl/N-ethyl adjacent to an activating group) is 1. The Morgan fingerprint density at radius 1 is 1.19 bits per heavy atom. The number of hydrogen-bond donors (Lipinski definition) is 1. The minimum absolute atomic E-state index is 0.755. The second-order valence-electron chi connectivity index (χ2n) is 5.35. The average molecular weight is 226 g/mol. The molecule has 0 aromatic carbocycles. The second kappa shape index (κ2) is 6.58. The van der Waals surface area contributed by atoms with Crippen LogP contribution in [0.25, 0.3) is 0 Å². The topological polar surface area (TPSA) is 24.5 Å². The highest BCUT2D eigenvalue weighted by Gasteiger charge is 2.21. The predicted octanol–water partition coefficient (Wildman–Crippen LogP) is 1.49. The largest absolute Gasteiger partial charge is 0.381 e. The number of nitrogens with one attached hydrogen (secondary N) is 1. The molecular weight excluding hydrogens is 200 g/mol. The molecule has 0 bridgehead atoms. The van der Waals surface area contributed by atoms with E-state index in [1.54, 1.807) is 0 Å². The van der Waals surface area contributed by atoms with Gasteiger partial charge in [0.15, 0.2) is 0 Å². The minimum Gasteiger partial charge on any atom is -0.381 e. The molecule has 0 aliphatic carbocycles. The molecule has 0 radical (unpaired) electrons. The van der Waals surface area contributed by atoms with Gasteiger partial charge in [0, 0.05) is 32.3 Å². The van der Waals surface area contributed by atoms with Crippen LogP contribution in [0.4, 0.5) is 0 Å². The van der Waals surface area contributed by atoms with Gasteiger partial charge in [0.1, 0.15) is 0 Å². The molecule has 3 heteroatoms. The molecule has 2 aliphatic rings. The van der Waals surface area contributed by atoms with E-state index in [1.807, 2.05) is 0 Å². The van der Waals surface area contributed by atoms with Crippen LogP contribution in [0.2, 0.25) is 0 Å². The highest BCUT2D eigenvalue weighted by Crippen LogP contribution is 2.18. The Hall–Kier alpha value is -0.120. The van der Waals surface area contributed by atoms with Crippen molar-refractivity contribution in [2.75, 3.05) is 39.9 Å². The van der Waals surface area contributed by atoms with Gasteiger partial charge in [-0.1, -0.05) is 6.42 Å². The van der Waals surface area contributed by atoms with Gasteiger partial charge in [-0.15, -0.1) is 0 Å². The molecule has 2 rings (SSSR count). The van der Waals surface area contributed by atoms with Gasteiger partial charge in [-0.3, -0.25) is 0 Å². The summed E-state index contributed by atoms with van der Waals surface area (Å²) in [4.78, 5) is 2.58. The van der Waals surface area contributed by atoms with E-state index in [-0.39, 0.29) is 0 Å². The molecule has 94 valence electrons. The lowest BCUT2D eigenvalue weighted by Gasteiger charge is -2.32. The summed E-state index contributed by atoms with van der Waals surface area (Å²) in [6.45, 7) is 5.60. The molecule has 3 nitrogen and oxygen atoms in total. The molecular formula is C13H26N2O. The maximum absolute atomic E-state index is 5.42. The monoisotopic (exact) mass is 226 g/mol. The fourth-order valence-electron chi connectivity index (χ4n) is 2.86. The Kier molecular flexibility index (Phi) is 5.07. The molecule has 0 saturated carbocycles. The van der Waals surface area contributed by atoms with Gasteiger partial charge in [0.2, 0.25) is 0 Å². The van der Waals surface area contributed by atoms with Crippen LogP contribution in [-0.2, 0) is 4.74 Å². The van der Waals surface area contributed by atoms with Crippen molar-refractivity contribution in [1.82, 2.24) is 10.2 Å².